The zero-order valence-corrected chi connectivity index (χ0v) is 14.7. The molecule has 0 amide bonds. The standard InChI is InChI=1S/C18H24N6O2/c25-14-8-12(18-23-22-16-10-26-6-5-24(16)18)7-13(14)9-20-15-3-4-19-17(21-15)11-1-2-11/h3-4,11-14,25H,1-2,5-10H2,(H,19,20,21)/t12-,13+,14+/m0/s1. The van der Waals surface area contributed by atoms with Crippen molar-refractivity contribution in [2.75, 3.05) is 18.5 Å². The average molecular weight is 356 g/mol. The van der Waals surface area contributed by atoms with E-state index in [1.54, 1.807) is 0 Å². The molecule has 26 heavy (non-hydrogen) atoms. The number of ether oxygens (including phenoxy) is 1. The highest BCUT2D eigenvalue weighted by atomic mass is 16.5. The van der Waals surface area contributed by atoms with E-state index in [9.17, 15) is 5.11 Å². The fourth-order valence-electron chi connectivity index (χ4n) is 4.10. The predicted octanol–water partition coefficient (Wildman–Crippen LogP) is 1.44. The Morgan fingerprint density at radius 3 is 3.04 bits per heavy atom. The first-order valence-corrected chi connectivity index (χ1v) is 9.52. The Kier molecular flexibility index (Phi) is 4.09. The van der Waals surface area contributed by atoms with Crippen LogP contribution in [0.25, 0.3) is 0 Å². The molecule has 2 aliphatic carbocycles. The normalized spacial score (nSPS) is 28.1. The van der Waals surface area contributed by atoms with Gasteiger partial charge in [-0.15, -0.1) is 10.2 Å². The lowest BCUT2D eigenvalue weighted by molar-refractivity contribution is 0.0801. The molecule has 3 aliphatic rings. The Hall–Kier alpha value is -2.06. The number of aliphatic hydroxyl groups is 1. The minimum Gasteiger partial charge on any atom is -0.393 e. The van der Waals surface area contributed by atoms with Crippen molar-refractivity contribution < 1.29 is 9.84 Å². The van der Waals surface area contributed by atoms with E-state index in [0.717, 1.165) is 42.7 Å². The van der Waals surface area contributed by atoms with Crippen LogP contribution >= 0.6 is 0 Å². The third-order valence-electron chi connectivity index (χ3n) is 5.73. The number of nitrogens with zero attached hydrogens (tertiary/aromatic N) is 5. The molecule has 8 heteroatoms. The van der Waals surface area contributed by atoms with Crippen LogP contribution < -0.4 is 5.32 Å². The van der Waals surface area contributed by atoms with Crippen molar-refractivity contribution >= 4 is 5.82 Å². The van der Waals surface area contributed by atoms with Crippen LogP contribution in [0, 0.1) is 5.92 Å². The SMILES string of the molecule is O[C@@H]1C[C@@H](c2nnc3n2CCOC3)C[C@@H]1CNc1ccnc(C2CC2)n1. The predicted molar refractivity (Wildman–Crippen MR) is 93.6 cm³/mol. The molecule has 3 atom stereocenters. The Balaban J connectivity index is 1.23. The van der Waals surface area contributed by atoms with Gasteiger partial charge >= 0.3 is 0 Å². The molecule has 0 bridgehead atoms. The topological polar surface area (TPSA) is 98.0 Å². The number of aliphatic hydroxyl groups excluding tert-OH is 1. The molecule has 0 saturated heterocycles. The van der Waals surface area contributed by atoms with Crippen LogP contribution in [0.3, 0.4) is 0 Å². The van der Waals surface area contributed by atoms with Crippen LogP contribution in [0.2, 0.25) is 0 Å². The molecule has 0 spiro atoms. The molecule has 3 heterocycles. The lowest BCUT2D eigenvalue weighted by atomic mass is 10.0. The lowest BCUT2D eigenvalue weighted by Crippen LogP contribution is -2.22. The van der Waals surface area contributed by atoms with E-state index in [1.807, 2.05) is 12.3 Å². The summed E-state index contributed by atoms with van der Waals surface area (Å²) in [6.07, 6.45) is 5.53. The Morgan fingerprint density at radius 1 is 1.23 bits per heavy atom. The van der Waals surface area contributed by atoms with Gasteiger partial charge in [-0.2, -0.15) is 0 Å². The Morgan fingerprint density at radius 2 is 2.15 bits per heavy atom. The molecule has 2 aromatic heterocycles. The van der Waals surface area contributed by atoms with Gasteiger partial charge in [0.2, 0.25) is 0 Å². The van der Waals surface area contributed by atoms with E-state index in [-0.39, 0.29) is 17.9 Å². The Bertz CT molecular complexity index is 790. The molecule has 2 saturated carbocycles. The Labute approximate surface area is 152 Å². The molecule has 2 aromatic rings. The second-order valence-corrected chi connectivity index (χ2v) is 7.63. The van der Waals surface area contributed by atoms with Crippen molar-refractivity contribution in [2.24, 2.45) is 5.92 Å². The van der Waals surface area contributed by atoms with Gasteiger partial charge in [-0.25, -0.2) is 9.97 Å². The molecule has 5 rings (SSSR count). The number of fused-ring (bicyclic) bond motifs is 1. The van der Waals surface area contributed by atoms with Crippen LogP contribution in [-0.2, 0) is 17.9 Å². The van der Waals surface area contributed by atoms with Crippen molar-refractivity contribution in [2.45, 2.75) is 56.8 Å². The molecule has 1 aliphatic heterocycles. The van der Waals surface area contributed by atoms with E-state index in [0.29, 0.717) is 25.7 Å². The smallest absolute Gasteiger partial charge is 0.159 e. The first-order chi connectivity index (χ1) is 12.8. The van der Waals surface area contributed by atoms with Crippen molar-refractivity contribution in [3.05, 3.63) is 29.7 Å². The zero-order chi connectivity index (χ0) is 17.5. The number of rotatable bonds is 5. The number of aromatic nitrogens is 5. The second kappa shape index (κ2) is 6.59. The summed E-state index contributed by atoms with van der Waals surface area (Å²) in [7, 11) is 0. The van der Waals surface area contributed by atoms with Gasteiger partial charge < -0.3 is 19.7 Å². The summed E-state index contributed by atoms with van der Waals surface area (Å²) < 4.78 is 7.61. The molecule has 138 valence electrons. The van der Waals surface area contributed by atoms with Crippen LogP contribution in [0.1, 0.15) is 55.0 Å². The summed E-state index contributed by atoms with van der Waals surface area (Å²) in [4.78, 5) is 8.96. The summed E-state index contributed by atoms with van der Waals surface area (Å²) >= 11 is 0. The number of hydrogen-bond acceptors (Lipinski definition) is 7. The van der Waals surface area contributed by atoms with Crippen molar-refractivity contribution in [3.8, 4) is 0 Å². The number of hydrogen-bond donors (Lipinski definition) is 2. The van der Waals surface area contributed by atoms with Gasteiger partial charge in [0.15, 0.2) is 5.82 Å². The summed E-state index contributed by atoms with van der Waals surface area (Å²) in [6, 6.07) is 1.90. The van der Waals surface area contributed by atoms with Crippen LogP contribution in [0.5, 0.6) is 0 Å². The maximum atomic E-state index is 10.5. The molecule has 0 radical (unpaired) electrons. The maximum Gasteiger partial charge on any atom is 0.159 e. The van der Waals surface area contributed by atoms with E-state index >= 15 is 0 Å². The van der Waals surface area contributed by atoms with Gasteiger partial charge in [0, 0.05) is 37.0 Å². The molecule has 0 aromatic carbocycles. The van der Waals surface area contributed by atoms with Gasteiger partial charge in [0.25, 0.3) is 0 Å². The highest BCUT2D eigenvalue weighted by Crippen LogP contribution is 2.39. The monoisotopic (exact) mass is 356 g/mol. The van der Waals surface area contributed by atoms with Crippen molar-refractivity contribution in [1.82, 2.24) is 24.7 Å². The zero-order valence-electron chi connectivity index (χ0n) is 14.7. The first kappa shape index (κ1) is 16.1. The fraction of sp³-hybridized carbons (Fsp3) is 0.667. The van der Waals surface area contributed by atoms with E-state index in [4.69, 9.17) is 4.74 Å². The molecule has 2 N–H and O–H groups in total. The highest BCUT2D eigenvalue weighted by Gasteiger charge is 2.37. The van der Waals surface area contributed by atoms with Crippen LogP contribution in [-0.4, -0.2) is 49.1 Å². The molecular formula is C18H24N6O2. The van der Waals surface area contributed by atoms with Gasteiger partial charge in [0.1, 0.15) is 24.1 Å². The minimum atomic E-state index is -0.329. The summed E-state index contributed by atoms with van der Waals surface area (Å²) in [5.41, 5.74) is 0. The largest absolute Gasteiger partial charge is 0.393 e. The lowest BCUT2D eigenvalue weighted by Gasteiger charge is -2.18. The fourth-order valence-corrected chi connectivity index (χ4v) is 4.10. The maximum absolute atomic E-state index is 10.5. The second-order valence-electron chi connectivity index (χ2n) is 7.63. The number of anilines is 1. The molecular weight excluding hydrogens is 332 g/mol. The van der Waals surface area contributed by atoms with Crippen LogP contribution in [0.15, 0.2) is 12.3 Å². The first-order valence-electron chi connectivity index (χ1n) is 9.52. The third-order valence-corrected chi connectivity index (χ3v) is 5.73. The quantitative estimate of drug-likeness (QED) is 0.836. The van der Waals surface area contributed by atoms with E-state index in [2.05, 4.69) is 30.0 Å². The van der Waals surface area contributed by atoms with Crippen molar-refractivity contribution in [3.63, 3.8) is 0 Å². The summed E-state index contributed by atoms with van der Waals surface area (Å²) in [5, 5.41) is 22.6. The van der Waals surface area contributed by atoms with E-state index < -0.39 is 0 Å². The molecule has 2 fully saturated rings. The van der Waals surface area contributed by atoms with Gasteiger partial charge in [-0.1, -0.05) is 0 Å². The van der Waals surface area contributed by atoms with Gasteiger partial charge in [-0.05, 0) is 31.7 Å². The summed E-state index contributed by atoms with van der Waals surface area (Å²) in [5.74, 6) is 4.68. The summed E-state index contributed by atoms with van der Waals surface area (Å²) in [6.45, 7) is 2.75. The van der Waals surface area contributed by atoms with Gasteiger partial charge in [-0.3, -0.25) is 0 Å². The minimum absolute atomic E-state index is 0.187. The van der Waals surface area contributed by atoms with Gasteiger partial charge in [0.05, 0.1) is 12.7 Å². The highest BCUT2D eigenvalue weighted by molar-refractivity contribution is 5.34. The van der Waals surface area contributed by atoms with Crippen LogP contribution in [0.4, 0.5) is 5.82 Å². The average Bonchev–Trinajstić information content (AvgIpc) is 3.33. The number of nitrogens with one attached hydrogen (secondary N) is 1. The van der Waals surface area contributed by atoms with Crippen molar-refractivity contribution in [1.29, 1.82) is 0 Å². The van der Waals surface area contributed by atoms with E-state index in [1.165, 1.54) is 12.8 Å². The third kappa shape index (κ3) is 3.07. The molecule has 0 unspecified atom stereocenters. The molecule has 8 nitrogen and oxygen atoms in total.